The minimum absolute atomic E-state index is 0.136. The Kier molecular flexibility index (Phi) is 3.74. The second-order valence-corrected chi connectivity index (χ2v) is 4.68. The van der Waals surface area contributed by atoms with E-state index in [4.69, 9.17) is 0 Å². The maximum atomic E-state index is 12.3. The van der Waals surface area contributed by atoms with Crippen molar-refractivity contribution < 1.29 is 4.79 Å². The molecule has 1 amide bonds. The molecule has 2 atom stereocenters. The van der Waals surface area contributed by atoms with Gasteiger partial charge in [0.2, 0.25) is 5.91 Å². The molecule has 1 aromatic rings. The molecule has 2 rings (SSSR count). The van der Waals surface area contributed by atoms with Gasteiger partial charge in [0.25, 0.3) is 0 Å². The average Bonchev–Trinajstić information content (AvgIpc) is 2.38. The van der Waals surface area contributed by atoms with Crippen molar-refractivity contribution in [3.8, 4) is 0 Å². The van der Waals surface area contributed by atoms with E-state index < -0.39 is 0 Å². The van der Waals surface area contributed by atoms with Crippen LogP contribution in [0.1, 0.15) is 19.8 Å². The smallest absolute Gasteiger partial charge is 0.229 e. The first-order valence-corrected chi connectivity index (χ1v) is 6.09. The molecule has 0 bridgehead atoms. The molecule has 2 heterocycles. The number of hydrogen-bond acceptors (Lipinski definition) is 3. The largest absolute Gasteiger partial charge is 0.314 e. The Morgan fingerprint density at radius 2 is 2.41 bits per heavy atom. The summed E-state index contributed by atoms with van der Waals surface area (Å²) in [6.07, 6.45) is 5.29. The van der Waals surface area contributed by atoms with E-state index in [0.29, 0.717) is 6.04 Å². The molecule has 0 radical (unpaired) electrons. The summed E-state index contributed by atoms with van der Waals surface area (Å²) in [6, 6.07) is 4.19. The number of rotatable bonds is 2. The Balaban J connectivity index is 2.04. The van der Waals surface area contributed by atoms with Gasteiger partial charge in [-0.25, -0.2) is 0 Å². The molecule has 1 aromatic heterocycles. The van der Waals surface area contributed by atoms with Crippen LogP contribution in [-0.2, 0) is 4.79 Å². The molecule has 0 saturated carbocycles. The van der Waals surface area contributed by atoms with Crippen LogP contribution in [0.15, 0.2) is 24.5 Å². The molecule has 1 N–H and O–H groups in total. The van der Waals surface area contributed by atoms with Crippen LogP contribution in [0, 0.1) is 5.92 Å². The molecular weight excluding hydrogens is 214 g/mol. The molecule has 0 aliphatic carbocycles. The summed E-state index contributed by atoms with van der Waals surface area (Å²) >= 11 is 0. The van der Waals surface area contributed by atoms with Crippen molar-refractivity contribution in [1.82, 2.24) is 10.3 Å². The number of piperidine rings is 1. The van der Waals surface area contributed by atoms with Crippen LogP contribution in [0.5, 0.6) is 0 Å². The number of hydrogen-bond donors (Lipinski definition) is 1. The van der Waals surface area contributed by atoms with Crippen LogP contribution in [0.2, 0.25) is 0 Å². The zero-order chi connectivity index (χ0) is 12.3. The van der Waals surface area contributed by atoms with E-state index in [-0.39, 0.29) is 11.8 Å². The number of nitrogens with zero attached hydrogens (tertiary/aromatic N) is 2. The topological polar surface area (TPSA) is 45.2 Å². The highest BCUT2D eigenvalue weighted by atomic mass is 16.2. The lowest BCUT2D eigenvalue weighted by atomic mass is 9.92. The summed E-state index contributed by atoms with van der Waals surface area (Å²) < 4.78 is 0. The van der Waals surface area contributed by atoms with Gasteiger partial charge in [-0.05, 0) is 38.4 Å². The third kappa shape index (κ3) is 2.82. The quantitative estimate of drug-likeness (QED) is 0.840. The monoisotopic (exact) mass is 233 g/mol. The fraction of sp³-hybridized carbons (Fsp3) is 0.538. The van der Waals surface area contributed by atoms with E-state index in [1.807, 2.05) is 19.2 Å². The van der Waals surface area contributed by atoms with E-state index in [9.17, 15) is 4.79 Å². The second kappa shape index (κ2) is 5.27. The zero-order valence-electron chi connectivity index (χ0n) is 10.4. The van der Waals surface area contributed by atoms with Crippen molar-refractivity contribution in [2.75, 3.05) is 18.5 Å². The molecule has 17 heavy (non-hydrogen) atoms. The van der Waals surface area contributed by atoms with Gasteiger partial charge in [-0.3, -0.25) is 9.78 Å². The van der Waals surface area contributed by atoms with Gasteiger partial charge in [0.05, 0.1) is 11.9 Å². The molecule has 0 aromatic carbocycles. The summed E-state index contributed by atoms with van der Waals surface area (Å²) in [5.41, 5.74) is 0.865. The molecule has 1 aliphatic rings. The normalized spacial score (nSPS) is 24.4. The number of amides is 1. The third-order valence-electron chi connectivity index (χ3n) is 3.34. The van der Waals surface area contributed by atoms with Gasteiger partial charge >= 0.3 is 0 Å². The molecule has 4 nitrogen and oxygen atoms in total. The van der Waals surface area contributed by atoms with Crippen LogP contribution < -0.4 is 10.2 Å². The number of carbonyl (C=O) groups is 1. The Morgan fingerprint density at radius 3 is 3.06 bits per heavy atom. The van der Waals surface area contributed by atoms with E-state index in [0.717, 1.165) is 25.1 Å². The number of aromatic nitrogens is 1. The predicted octanol–water partition coefficient (Wildman–Crippen LogP) is 1.43. The first kappa shape index (κ1) is 12.0. The molecule has 92 valence electrons. The number of pyridine rings is 1. The highest BCUT2D eigenvalue weighted by molar-refractivity contribution is 5.94. The Morgan fingerprint density at radius 1 is 1.59 bits per heavy atom. The van der Waals surface area contributed by atoms with Gasteiger partial charge in [0.1, 0.15) is 0 Å². The van der Waals surface area contributed by atoms with Gasteiger partial charge in [0, 0.05) is 25.2 Å². The van der Waals surface area contributed by atoms with Crippen molar-refractivity contribution in [3.63, 3.8) is 0 Å². The first-order chi connectivity index (χ1) is 8.18. The molecule has 0 spiro atoms. The second-order valence-electron chi connectivity index (χ2n) is 4.68. The number of anilines is 1. The standard InChI is InChI=1S/C13H19N3O/c1-10-8-11(5-7-15-10)13(17)16(2)12-4-3-6-14-9-12/h3-4,6,9-11,15H,5,7-8H2,1-2H3. The molecule has 1 aliphatic heterocycles. The fourth-order valence-electron chi connectivity index (χ4n) is 2.31. The number of carbonyl (C=O) groups excluding carboxylic acids is 1. The lowest BCUT2D eigenvalue weighted by molar-refractivity contribution is -0.123. The average molecular weight is 233 g/mol. The zero-order valence-corrected chi connectivity index (χ0v) is 10.4. The first-order valence-electron chi connectivity index (χ1n) is 6.09. The molecule has 1 fully saturated rings. The van der Waals surface area contributed by atoms with Gasteiger partial charge < -0.3 is 10.2 Å². The SMILES string of the molecule is CC1CC(C(=O)N(C)c2cccnc2)CCN1. The summed E-state index contributed by atoms with van der Waals surface area (Å²) in [6.45, 7) is 3.06. The van der Waals surface area contributed by atoms with E-state index in [2.05, 4.69) is 17.2 Å². The minimum Gasteiger partial charge on any atom is -0.314 e. The van der Waals surface area contributed by atoms with Gasteiger partial charge in [-0.2, -0.15) is 0 Å². The lowest BCUT2D eigenvalue weighted by Gasteiger charge is -2.30. The Hall–Kier alpha value is -1.42. The molecule has 1 saturated heterocycles. The summed E-state index contributed by atoms with van der Waals surface area (Å²) in [7, 11) is 1.83. The Bertz CT molecular complexity index is 380. The molecular formula is C13H19N3O. The van der Waals surface area contributed by atoms with Crippen LogP contribution in [0.3, 0.4) is 0 Å². The number of nitrogens with one attached hydrogen (secondary N) is 1. The van der Waals surface area contributed by atoms with Crippen molar-refractivity contribution in [2.45, 2.75) is 25.8 Å². The van der Waals surface area contributed by atoms with Crippen molar-refractivity contribution in [1.29, 1.82) is 0 Å². The predicted molar refractivity (Wildman–Crippen MR) is 67.8 cm³/mol. The van der Waals surface area contributed by atoms with Crippen molar-refractivity contribution >= 4 is 11.6 Å². The van der Waals surface area contributed by atoms with Crippen LogP contribution in [0.25, 0.3) is 0 Å². The van der Waals surface area contributed by atoms with E-state index >= 15 is 0 Å². The summed E-state index contributed by atoms with van der Waals surface area (Å²) in [5, 5.41) is 3.36. The highest BCUT2D eigenvalue weighted by Gasteiger charge is 2.27. The van der Waals surface area contributed by atoms with Gasteiger partial charge in [-0.1, -0.05) is 0 Å². The summed E-state index contributed by atoms with van der Waals surface area (Å²) in [5.74, 6) is 0.336. The lowest BCUT2D eigenvalue weighted by Crippen LogP contribution is -2.43. The van der Waals surface area contributed by atoms with Gasteiger partial charge in [0.15, 0.2) is 0 Å². The summed E-state index contributed by atoms with van der Waals surface area (Å²) in [4.78, 5) is 18.1. The third-order valence-corrected chi connectivity index (χ3v) is 3.34. The minimum atomic E-state index is 0.136. The van der Waals surface area contributed by atoms with E-state index in [1.54, 1.807) is 17.3 Å². The molecule has 4 heteroatoms. The van der Waals surface area contributed by atoms with Crippen LogP contribution >= 0.6 is 0 Å². The van der Waals surface area contributed by atoms with Crippen LogP contribution in [0.4, 0.5) is 5.69 Å². The maximum Gasteiger partial charge on any atom is 0.229 e. The highest BCUT2D eigenvalue weighted by Crippen LogP contribution is 2.21. The van der Waals surface area contributed by atoms with E-state index in [1.165, 1.54) is 0 Å². The maximum absolute atomic E-state index is 12.3. The van der Waals surface area contributed by atoms with Crippen molar-refractivity contribution in [2.24, 2.45) is 5.92 Å². The van der Waals surface area contributed by atoms with Crippen LogP contribution in [-0.4, -0.2) is 30.5 Å². The van der Waals surface area contributed by atoms with Crippen molar-refractivity contribution in [3.05, 3.63) is 24.5 Å². The Labute approximate surface area is 102 Å². The fourth-order valence-corrected chi connectivity index (χ4v) is 2.31. The molecule has 2 unspecified atom stereocenters. The van der Waals surface area contributed by atoms with Gasteiger partial charge in [-0.15, -0.1) is 0 Å².